The van der Waals surface area contributed by atoms with Crippen LogP contribution in [0.1, 0.15) is 6.92 Å². The first kappa shape index (κ1) is 29.3. The molecule has 2 N–H and O–H groups in total. The van der Waals surface area contributed by atoms with E-state index < -0.39 is 0 Å². The van der Waals surface area contributed by atoms with Crippen LogP contribution in [0, 0.1) is 0 Å². The third-order valence-electron chi connectivity index (χ3n) is 1.22. The molecule has 0 fully saturated rings. The minimum Gasteiger partial charge on any atom is -1.00 e. The van der Waals surface area contributed by atoms with Crippen LogP contribution in [0.25, 0.3) is 0 Å². The second-order valence-corrected chi connectivity index (χ2v) is 4.23. The molecule has 100 valence electrons. The fraction of sp³-hybridized carbons (Fsp3) is 1.00. The molecule has 0 aliphatic carbocycles. The Morgan fingerprint density at radius 1 is 1.07 bits per heavy atom. The van der Waals surface area contributed by atoms with E-state index in [2.05, 4.69) is 40.1 Å². The van der Waals surface area contributed by atoms with E-state index in [9.17, 15) is 0 Å². The Kier molecular flexibility index (Phi) is 31.5. The molecule has 0 aliphatic heterocycles. The van der Waals surface area contributed by atoms with Crippen molar-refractivity contribution in [1.82, 2.24) is 4.90 Å². The maximum atomic E-state index is 4.85. The maximum Gasteiger partial charge on any atom is 0.0909 e. The summed E-state index contributed by atoms with van der Waals surface area (Å²) < 4.78 is 1.05. The highest BCUT2D eigenvalue weighted by atomic mass is 19.0. The van der Waals surface area contributed by atoms with Crippen molar-refractivity contribution in [2.75, 3.05) is 54.9 Å². The lowest BCUT2D eigenvalue weighted by atomic mass is 10.5. The lowest BCUT2D eigenvalue weighted by Gasteiger charge is -2.25. The van der Waals surface area contributed by atoms with Gasteiger partial charge in [0.1, 0.15) is 0 Å². The summed E-state index contributed by atoms with van der Waals surface area (Å²) in [6.45, 7) is 5.04. The molecule has 0 rings (SSSR count). The Hall–Kier alpha value is -0.330. The Labute approximate surface area is 91.9 Å². The van der Waals surface area contributed by atoms with Crippen LogP contribution in [0.15, 0.2) is 0 Å². The first-order valence-electron chi connectivity index (χ1n) is 4.48. The summed E-state index contributed by atoms with van der Waals surface area (Å²) in [5, 5.41) is 0. The number of quaternary nitrogens is 1. The van der Waals surface area contributed by atoms with E-state index in [4.69, 9.17) is 5.73 Å². The fourth-order valence-corrected chi connectivity index (χ4v) is 0.500. The van der Waals surface area contributed by atoms with Gasteiger partial charge < -0.3 is 19.8 Å². The van der Waals surface area contributed by atoms with Crippen LogP contribution in [0.4, 0.5) is 9.41 Å². The van der Waals surface area contributed by atoms with E-state index in [1.165, 1.54) is 13.1 Å². The molecule has 0 unspecified atom stereocenters. The zero-order valence-electron chi connectivity index (χ0n) is 10.8. The second kappa shape index (κ2) is 16.1. The lowest BCUT2D eigenvalue weighted by molar-refractivity contribution is -0.869. The predicted octanol–water partition coefficient (Wildman–Crippen LogP) is -2.47. The van der Waals surface area contributed by atoms with Gasteiger partial charge in [0.05, 0.1) is 27.7 Å². The molecule has 0 amide bonds. The number of halogens is 3. The fourth-order valence-electron chi connectivity index (χ4n) is 0.500. The van der Waals surface area contributed by atoms with E-state index in [1.807, 2.05) is 6.92 Å². The van der Waals surface area contributed by atoms with Crippen LogP contribution in [-0.2, 0) is 0 Å². The summed E-state index contributed by atoms with van der Waals surface area (Å²) >= 11 is 0. The molecule has 3 nitrogen and oxygen atoms in total. The molecule has 0 saturated carbocycles. The van der Waals surface area contributed by atoms with E-state index in [1.54, 1.807) is 0 Å². The highest BCUT2D eigenvalue weighted by molar-refractivity contribution is 4.38. The normalized spacial score (nSPS) is 8.80. The van der Waals surface area contributed by atoms with Gasteiger partial charge in [-0.1, -0.05) is 6.92 Å². The predicted molar refractivity (Wildman–Crippen MR) is 61.2 cm³/mol. The molecule has 0 heterocycles. The molecular formula is C9H28F3N3. The van der Waals surface area contributed by atoms with E-state index in [0.29, 0.717) is 0 Å². The van der Waals surface area contributed by atoms with Crippen LogP contribution in [0.2, 0.25) is 0 Å². The number of likely N-dealkylation sites (N-methyl/N-ethyl adjacent to an activating group) is 2. The van der Waals surface area contributed by atoms with Crippen LogP contribution in [0.5, 0.6) is 0 Å². The average molecular weight is 235 g/mol. The number of nitrogens with two attached hydrogens (primary N) is 1. The number of nitrogens with zero attached hydrogens (tertiary/aromatic N) is 2. The smallest absolute Gasteiger partial charge is 0.0909 e. The molecule has 6 heteroatoms. The van der Waals surface area contributed by atoms with Gasteiger partial charge in [-0.3, -0.25) is 9.41 Å². The van der Waals surface area contributed by atoms with Gasteiger partial charge in [-0.15, -0.1) is 0 Å². The van der Waals surface area contributed by atoms with E-state index in [-0.39, 0.29) is 14.1 Å². The van der Waals surface area contributed by atoms with Gasteiger partial charge in [-0.05, 0) is 20.6 Å². The van der Waals surface area contributed by atoms with Gasteiger partial charge in [-0.2, -0.15) is 0 Å². The summed E-state index contributed by atoms with van der Waals surface area (Å²) in [4.78, 5) is 2.21. The van der Waals surface area contributed by atoms with Crippen LogP contribution >= 0.6 is 0 Å². The Morgan fingerprint density at radius 2 is 1.33 bits per heavy atom. The zero-order valence-corrected chi connectivity index (χ0v) is 10.8. The summed E-state index contributed by atoms with van der Waals surface area (Å²) in [7, 11) is 10.8. The minimum atomic E-state index is 0. The molecule has 0 bridgehead atoms. The SMILES string of the molecule is CCN.CN(C)CC[N+](C)(C)C.F.F.[F-]. The molecule has 0 aromatic heterocycles. The van der Waals surface area contributed by atoms with Crippen LogP contribution in [0.3, 0.4) is 0 Å². The molecule has 0 aliphatic rings. The van der Waals surface area contributed by atoms with Crippen molar-refractivity contribution in [2.45, 2.75) is 6.92 Å². The summed E-state index contributed by atoms with van der Waals surface area (Å²) in [5.41, 5.74) is 4.85. The summed E-state index contributed by atoms with van der Waals surface area (Å²) in [6.07, 6.45) is 0. The first-order chi connectivity index (χ1) is 5.33. The van der Waals surface area contributed by atoms with Gasteiger partial charge in [-0.25, -0.2) is 0 Å². The Morgan fingerprint density at radius 3 is 1.40 bits per heavy atom. The zero-order chi connectivity index (χ0) is 10.2. The summed E-state index contributed by atoms with van der Waals surface area (Å²) in [5.74, 6) is 0. The highest BCUT2D eigenvalue weighted by Gasteiger charge is 2.05. The molecule has 0 spiro atoms. The number of rotatable bonds is 3. The Bertz CT molecular complexity index is 95.1. The quantitative estimate of drug-likeness (QED) is 0.549. The topological polar surface area (TPSA) is 29.3 Å². The number of hydrogen-bond acceptors (Lipinski definition) is 2. The first-order valence-corrected chi connectivity index (χ1v) is 4.48. The van der Waals surface area contributed by atoms with Crippen molar-refractivity contribution >= 4 is 0 Å². The molecule has 0 atom stereocenters. The van der Waals surface area contributed by atoms with Gasteiger partial charge in [0.2, 0.25) is 0 Å². The molecule has 0 radical (unpaired) electrons. The minimum absolute atomic E-state index is 0. The molecular weight excluding hydrogens is 207 g/mol. The Balaban J connectivity index is -0.0000000500. The molecule has 0 aromatic rings. The highest BCUT2D eigenvalue weighted by Crippen LogP contribution is 1.88. The van der Waals surface area contributed by atoms with Gasteiger partial charge in [0.15, 0.2) is 0 Å². The standard InChI is InChI=1S/C7H19N2.C2H7N.3FH/c1-8(2)6-7-9(3,4)5;1-2-3;;;/h6-7H2,1-5H3;2-3H2,1H3;3*1H/q+1;;;;/p-1. The average Bonchev–Trinajstić information content (AvgIpc) is 1.84. The van der Waals surface area contributed by atoms with Gasteiger partial charge >= 0.3 is 0 Å². The van der Waals surface area contributed by atoms with E-state index >= 15 is 0 Å². The van der Waals surface area contributed by atoms with Crippen molar-refractivity contribution in [3.63, 3.8) is 0 Å². The van der Waals surface area contributed by atoms with Crippen molar-refractivity contribution in [2.24, 2.45) is 5.73 Å². The third-order valence-corrected chi connectivity index (χ3v) is 1.22. The maximum absolute atomic E-state index is 4.85. The van der Waals surface area contributed by atoms with Crippen molar-refractivity contribution in [3.05, 3.63) is 0 Å². The second-order valence-electron chi connectivity index (χ2n) is 4.23. The van der Waals surface area contributed by atoms with Gasteiger partial charge in [0, 0.05) is 6.54 Å². The third kappa shape index (κ3) is 57.9. The summed E-state index contributed by atoms with van der Waals surface area (Å²) in [6, 6.07) is 0. The molecule has 15 heavy (non-hydrogen) atoms. The van der Waals surface area contributed by atoms with Gasteiger partial charge in [0.25, 0.3) is 0 Å². The van der Waals surface area contributed by atoms with Crippen LogP contribution in [-0.4, -0.2) is 64.3 Å². The van der Waals surface area contributed by atoms with Crippen molar-refractivity contribution in [3.8, 4) is 0 Å². The van der Waals surface area contributed by atoms with Crippen molar-refractivity contribution < 1.29 is 18.6 Å². The lowest BCUT2D eigenvalue weighted by Crippen LogP contribution is -3.00. The van der Waals surface area contributed by atoms with E-state index in [0.717, 1.165) is 11.0 Å². The van der Waals surface area contributed by atoms with Crippen molar-refractivity contribution in [1.29, 1.82) is 0 Å². The number of hydrogen-bond donors (Lipinski definition) is 1. The largest absolute Gasteiger partial charge is 1.00 e. The monoisotopic (exact) mass is 235 g/mol. The molecule has 0 aromatic carbocycles. The molecule has 0 saturated heterocycles. The van der Waals surface area contributed by atoms with Crippen LogP contribution < -0.4 is 10.4 Å².